The fraction of sp³-hybridized carbons (Fsp3) is 0.263. The summed E-state index contributed by atoms with van der Waals surface area (Å²) < 4.78 is 39.5. The first kappa shape index (κ1) is 18.0. The molecule has 0 spiro atoms. The van der Waals surface area contributed by atoms with Crippen LogP contribution in [0.1, 0.15) is 33.8 Å². The first-order valence-electron chi connectivity index (χ1n) is 8.03. The van der Waals surface area contributed by atoms with Crippen LogP contribution in [0.25, 0.3) is 0 Å². The van der Waals surface area contributed by atoms with Gasteiger partial charge in [0.25, 0.3) is 0 Å². The van der Waals surface area contributed by atoms with E-state index in [0.29, 0.717) is 17.7 Å². The van der Waals surface area contributed by atoms with Gasteiger partial charge in [0.15, 0.2) is 0 Å². The molecule has 2 aromatic rings. The molecule has 0 bridgehead atoms. The number of nitrogens with zero attached hydrogens (tertiary/aromatic N) is 1. The van der Waals surface area contributed by atoms with Crippen molar-refractivity contribution in [2.75, 3.05) is 11.9 Å². The van der Waals surface area contributed by atoms with E-state index < -0.39 is 29.5 Å². The van der Waals surface area contributed by atoms with Gasteiger partial charge in [0.2, 0.25) is 11.8 Å². The van der Waals surface area contributed by atoms with Crippen molar-refractivity contribution < 1.29 is 22.8 Å². The molecule has 3 rings (SSSR count). The number of nitrogens with two attached hydrogens (primary N) is 1. The van der Waals surface area contributed by atoms with E-state index in [4.69, 9.17) is 5.73 Å². The summed E-state index contributed by atoms with van der Waals surface area (Å²) in [5.41, 5.74) is 5.52. The molecule has 2 unspecified atom stereocenters. The Morgan fingerprint density at radius 1 is 1.08 bits per heavy atom. The van der Waals surface area contributed by atoms with Crippen molar-refractivity contribution in [1.29, 1.82) is 0 Å². The van der Waals surface area contributed by atoms with E-state index in [1.165, 1.54) is 29.2 Å². The lowest BCUT2D eigenvalue weighted by Gasteiger charge is -2.18. The Bertz CT molecular complexity index is 847. The smallest absolute Gasteiger partial charge is 0.366 e. The zero-order chi connectivity index (χ0) is 19.1. The SMILES string of the molecule is CN(C(=O)C1CC1c1ccccc1C(F)(F)F)c1ccc(C(N)=O)cc1. The molecule has 0 aliphatic heterocycles. The van der Waals surface area contributed by atoms with Crippen molar-refractivity contribution in [3.05, 3.63) is 65.2 Å². The molecule has 4 nitrogen and oxygen atoms in total. The van der Waals surface area contributed by atoms with Crippen molar-refractivity contribution >= 4 is 17.5 Å². The van der Waals surface area contributed by atoms with E-state index in [2.05, 4.69) is 0 Å². The van der Waals surface area contributed by atoms with Crippen molar-refractivity contribution in [3.8, 4) is 0 Å². The molecule has 0 heterocycles. The fourth-order valence-corrected chi connectivity index (χ4v) is 3.12. The Hall–Kier alpha value is -2.83. The molecular formula is C19H17F3N2O2. The molecule has 2 N–H and O–H groups in total. The Labute approximate surface area is 148 Å². The van der Waals surface area contributed by atoms with Crippen LogP contribution in [0.4, 0.5) is 18.9 Å². The molecule has 1 aliphatic rings. The molecule has 2 atom stereocenters. The van der Waals surface area contributed by atoms with E-state index in [9.17, 15) is 22.8 Å². The van der Waals surface area contributed by atoms with Gasteiger partial charge in [-0.15, -0.1) is 0 Å². The molecule has 0 saturated heterocycles. The van der Waals surface area contributed by atoms with Gasteiger partial charge >= 0.3 is 6.18 Å². The lowest BCUT2D eigenvalue weighted by Crippen LogP contribution is -2.28. The van der Waals surface area contributed by atoms with Gasteiger partial charge in [0.1, 0.15) is 0 Å². The van der Waals surface area contributed by atoms with E-state index in [1.54, 1.807) is 25.2 Å². The molecule has 0 aromatic heterocycles. The van der Waals surface area contributed by atoms with Gasteiger partial charge in [-0.3, -0.25) is 9.59 Å². The number of alkyl halides is 3. The topological polar surface area (TPSA) is 63.4 Å². The number of benzene rings is 2. The lowest BCUT2D eigenvalue weighted by atomic mass is 10.0. The first-order chi connectivity index (χ1) is 12.2. The summed E-state index contributed by atoms with van der Waals surface area (Å²) in [7, 11) is 1.56. The number of primary amides is 1. The number of amides is 2. The van der Waals surface area contributed by atoms with E-state index in [1.807, 2.05) is 0 Å². The van der Waals surface area contributed by atoms with Crippen molar-refractivity contribution in [2.24, 2.45) is 11.7 Å². The van der Waals surface area contributed by atoms with Crippen molar-refractivity contribution in [1.82, 2.24) is 0 Å². The van der Waals surface area contributed by atoms with Gasteiger partial charge in [-0.05, 0) is 48.2 Å². The quantitative estimate of drug-likeness (QED) is 0.904. The third kappa shape index (κ3) is 3.42. The largest absolute Gasteiger partial charge is 0.416 e. The Morgan fingerprint density at radius 2 is 1.69 bits per heavy atom. The lowest BCUT2D eigenvalue weighted by molar-refractivity contribution is -0.138. The number of anilines is 1. The molecule has 1 fully saturated rings. The molecule has 2 amide bonds. The highest BCUT2D eigenvalue weighted by Crippen LogP contribution is 2.51. The number of hydrogen-bond acceptors (Lipinski definition) is 2. The minimum atomic E-state index is -4.44. The van der Waals surface area contributed by atoms with Crippen LogP contribution in [0, 0.1) is 5.92 Å². The van der Waals surface area contributed by atoms with Gasteiger partial charge in [-0.25, -0.2) is 0 Å². The average Bonchev–Trinajstić information content (AvgIpc) is 3.40. The van der Waals surface area contributed by atoms with Crippen LogP contribution < -0.4 is 10.6 Å². The van der Waals surface area contributed by atoms with Gasteiger partial charge in [0, 0.05) is 24.2 Å². The highest BCUT2D eigenvalue weighted by atomic mass is 19.4. The summed E-state index contributed by atoms with van der Waals surface area (Å²) in [6.45, 7) is 0. The predicted octanol–water partition coefficient (Wildman–Crippen LogP) is 3.57. The highest BCUT2D eigenvalue weighted by Gasteiger charge is 2.48. The Morgan fingerprint density at radius 3 is 2.27 bits per heavy atom. The second-order valence-electron chi connectivity index (χ2n) is 6.34. The molecule has 2 aromatic carbocycles. The van der Waals surface area contributed by atoms with Crippen LogP contribution >= 0.6 is 0 Å². The van der Waals surface area contributed by atoms with Gasteiger partial charge in [-0.1, -0.05) is 18.2 Å². The summed E-state index contributed by atoms with van der Waals surface area (Å²) >= 11 is 0. The molecule has 7 heteroatoms. The standard InChI is InChI=1S/C19H17F3N2O2/c1-24(12-8-6-11(7-9-12)17(23)25)18(26)15-10-14(15)13-4-2-3-5-16(13)19(20,21)22/h2-9,14-15H,10H2,1H3,(H2,23,25). The third-order valence-corrected chi connectivity index (χ3v) is 4.64. The molecular weight excluding hydrogens is 345 g/mol. The second-order valence-corrected chi connectivity index (χ2v) is 6.34. The minimum absolute atomic E-state index is 0.163. The highest BCUT2D eigenvalue weighted by molar-refractivity contribution is 5.98. The number of halogens is 3. The van der Waals surface area contributed by atoms with E-state index in [-0.39, 0.29) is 11.5 Å². The van der Waals surface area contributed by atoms with Crippen LogP contribution in [0.2, 0.25) is 0 Å². The summed E-state index contributed by atoms with van der Waals surface area (Å²) in [6.07, 6.45) is -4.06. The van der Waals surface area contributed by atoms with Crippen molar-refractivity contribution in [3.63, 3.8) is 0 Å². The molecule has 136 valence electrons. The molecule has 1 aliphatic carbocycles. The summed E-state index contributed by atoms with van der Waals surface area (Å²) in [4.78, 5) is 25.1. The molecule has 0 radical (unpaired) electrons. The maximum atomic E-state index is 13.2. The Kier molecular flexibility index (Phi) is 4.48. The second kappa shape index (κ2) is 6.48. The summed E-state index contributed by atoms with van der Waals surface area (Å²) in [5, 5.41) is 0. The molecule has 26 heavy (non-hydrogen) atoms. The number of hydrogen-bond donors (Lipinski definition) is 1. The maximum absolute atomic E-state index is 13.2. The van der Waals surface area contributed by atoms with Crippen LogP contribution in [-0.2, 0) is 11.0 Å². The summed E-state index contributed by atoms with van der Waals surface area (Å²) in [6, 6.07) is 11.5. The monoisotopic (exact) mass is 362 g/mol. The zero-order valence-corrected chi connectivity index (χ0v) is 14.0. The fourth-order valence-electron chi connectivity index (χ4n) is 3.12. The van der Waals surface area contributed by atoms with Crippen LogP contribution in [0.5, 0.6) is 0 Å². The van der Waals surface area contributed by atoms with Gasteiger partial charge in [0.05, 0.1) is 5.56 Å². The normalized spacial score (nSPS) is 19.1. The zero-order valence-electron chi connectivity index (χ0n) is 14.0. The van der Waals surface area contributed by atoms with Crippen molar-refractivity contribution in [2.45, 2.75) is 18.5 Å². The van der Waals surface area contributed by atoms with Crippen LogP contribution in [-0.4, -0.2) is 18.9 Å². The first-order valence-corrected chi connectivity index (χ1v) is 8.03. The number of rotatable bonds is 4. The van der Waals surface area contributed by atoms with Crippen LogP contribution in [0.15, 0.2) is 48.5 Å². The average molecular weight is 362 g/mol. The minimum Gasteiger partial charge on any atom is -0.366 e. The molecule has 1 saturated carbocycles. The maximum Gasteiger partial charge on any atom is 0.416 e. The predicted molar refractivity (Wildman–Crippen MR) is 90.7 cm³/mol. The number of carbonyl (C=O) groups is 2. The van der Waals surface area contributed by atoms with Gasteiger partial charge in [-0.2, -0.15) is 13.2 Å². The summed E-state index contributed by atoms with van der Waals surface area (Å²) in [5.74, 6) is -1.75. The third-order valence-electron chi connectivity index (χ3n) is 4.64. The Balaban J connectivity index is 1.76. The van der Waals surface area contributed by atoms with E-state index >= 15 is 0 Å². The number of carbonyl (C=O) groups excluding carboxylic acids is 2. The van der Waals surface area contributed by atoms with Crippen LogP contribution in [0.3, 0.4) is 0 Å². The van der Waals surface area contributed by atoms with Gasteiger partial charge < -0.3 is 10.6 Å². The van der Waals surface area contributed by atoms with E-state index in [0.717, 1.165) is 6.07 Å².